The first kappa shape index (κ1) is 17.7. The second-order valence-corrected chi connectivity index (χ2v) is 3.51. The van der Waals surface area contributed by atoms with Gasteiger partial charge in [-0.3, -0.25) is 0 Å². The highest BCUT2D eigenvalue weighted by Crippen LogP contribution is 2.20. The first-order valence-electron chi connectivity index (χ1n) is 4.65. The molecule has 0 aliphatic carbocycles. The van der Waals surface area contributed by atoms with Gasteiger partial charge in [0.25, 0.3) is 0 Å². The molecule has 0 saturated carbocycles. The van der Waals surface area contributed by atoms with Crippen LogP contribution in [-0.2, 0) is 0 Å². The molecule has 1 saturated heterocycles. The van der Waals surface area contributed by atoms with Crippen LogP contribution in [0.1, 0.15) is 41.5 Å². The minimum Gasteiger partial charge on any atom is -0.150 e. The minimum absolute atomic E-state index is 1.33. The Morgan fingerprint density at radius 1 is 0.636 bits per heavy atom. The van der Waals surface area contributed by atoms with E-state index in [1.54, 1.807) is 0 Å². The summed E-state index contributed by atoms with van der Waals surface area (Å²) >= 11 is 4.07. The zero-order chi connectivity index (χ0) is 9.54. The summed E-state index contributed by atoms with van der Waals surface area (Å²) in [4.78, 5) is 0. The Balaban J connectivity index is -0.0000000933. The summed E-state index contributed by atoms with van der Waals surface area (Å²) in [7, 11) is 0. The average molecular weight is 196 g/mol. The highest BCUT2D eigenvalue weighted by atomic mass is 32.2. The first-order chi connectivity index (χ1) is 5.50. The molecule has 0 aromatic carbocycles. The Morgan fingerprint density at radius 3 is 1.00 bits per heavy atom. The van der Waals surface area contributed by atoms with Crippen LogP contribution in [-0.4, -0.2) is 16.6 Å². The van der Waals surface area contributed by atoms with E-state index < -0.39 is 0 Å². The SMILES string of the molecule is C1CSCS1.CC.CC.CC. The van der Waals surface area contributed by atoms with E-state index in [0.29, 0.717) is 0 Å². The first-order valence-corrected chi connectivity index (χ1v) is 6.96. The van der Waals surface area contributed by atoms with Crippen LogP contribution in [0.4, 0.5) is 0 Å². The predicted molar refractivity (Wildman–Crippen MR) is 63.8 cm³/mol. The van der Waals surface area contributed by atoms with Gasteiger partial charge in [0, 0.05) is 16.6 Å². The summed E-state index contributed by atoms with van der Waals surface area (Å²) in [5.74, 6) is 2.76. The lowest BCUT2D eigenvalue weighted by Gasteiger charge is -1.68. The molecule has 2 heteroatoms. The fourth-order valence-electron chi connectivity index (χ4n) is 0.295. The Kier molecular flexibility index (Phi) is 49.9. The highest BCUT2D eigenvalue weighted by molar-refractivity contribution is 8.19. The normalized spacial score (nSPS) is 12.5. The number of hydrogen-bond acceptors (Lipinski definition) is 2. The molecule has 0 unspecified atom stereocenters. The van der Waals surface area contributed by atoms with Crippen molar-refractivity contribution in [3.8, 4) is 0 Å². The van der Waals surface area contributed by atoms with Gasteiger partial charge in [0.2, 0.25) is 0 Å². The molecule has 0 bridgehead atoms. The standard InChI is InChI=1S/C3H6S2.3C2H6/c1-2-5-3-4-1;3*1-2/h1-3H2;3*1-2H3. The third-order valence-electron chi connectivity index (χ3n) is 0.539. The van der Waals surface area contributed by atoms with Crippen LogP contribution in [0.15, 0.2) is 0 Å². The van der Waals surface area contributed by atoms with E-state index in [1.165, 1.54) is 16.6 Å². The van der Waals surface area contributed by atoms with Crippen LogP contribution in [0.5, 0.6) is 0 Å². The number of thioether (sulfide) groups is 2. The Morgan fingerprint density at radius 2 is 0.909 bits per heavy atom. The zero-order valence-corrected chi connectivity index (χ0v) is 10.6. The summed E-state index contributed by atoms with van der Waals surface area (Å²) in [5.41, 5.74) is 0. The van der Waals surface area contributed by atoms with Gasteiger partial charge in [-0.2, -0.15) is 23.5 Å². The van der Waals surface area contributed by atoms with Gasteiger partial charge >= 0.3 is 0 Å². The lowest BCUT2D eigenvalue weighted by molar-refractivity contribution is 1.50. The van der Waals surface area contributed by atoms with Gasteiger partial charge in [-0.15, -0.1) is 0 Å². The van der Waals surface area contributed by atoms with E-state index in [-0.39, 0.29) is 0 Å². The van der Waals surface area contributed by atoms with E-state index in [9.17, 15) is 0 Å². The largest absolute Gasteiger partial charge is 0.150 e. The monoisotopic (exact) mass is 196 g/mol. The molecule has 1 fully saturated rings. The van der Waals surface area contributed by atoms with Crippen LogP contribution in [0.25, 0.3) is 0 Å². The maximum absolute atomic E-state index is 2.04. The Bertz CT molecular complexity index is 19.1. The molecule has 0 aromatic rings. The smallest absolute Gasteiger partial charge is 0.0392 e. The zero-order valence-electron chi connectivity index (χ0n) is 8.94. The van der Waals surface area contributed by atoms with Gasteiger partial charge in [0.15, 0.2) is 0 Å². The van der Waals surface area contributed by atoms with Gasteiger partial charge in [-0.1, -0.05) is 41.5 Å². The maximum atomic E-state index is 2.04. The molecule has 1 heterocycles. The maximum Gasteiger partial charge on any atom is 0.0392 e. The molecular weight excluding hydrogens is 172 g/mol. The van der Waals surface area contributed by atoms with Crippen molar-refractivity contribution in [2.45, 2.75) is 41.5 Å². The van der Waals surface area contributed by atoms with Gasteiger partial charge < -0.3 is 0 Å². The molecule has 0 radical (unpaired) electrons. The second-order valence-electron chi connectivity index (χ2n) is 0.934. The molecule has 0 atom stereocenters. The molecule has 1 aliphatic rings. The second kappa shape index (κ2) is 31.0. The molecule has 72 valence electrons. The summed E-state index contributed by atoms with van der Waals surface area (Å²) in [6.07, 6.45) is 0. The molecular formula is C9H24S2. The summed E-state index contributed by atoms with van der Waals surface area (Å²) in [6.45, 7) is 12.0. The van der Waals surface area contributed by atoms with E-state index in [4.69, 9.17) is 0 Å². The van der Waals surface area contributed by atoms with E-state index in [0.717, 1.165) is 0 Å². The van der Waals surface area contributed by atoms with E-state index >= 15 is 0 Å². The summed E-state index contributed by atoms with van der Waals surface area (Å²) in [5, 5.41) is 1.33. The van der Waals surface area contributed by atoms with Crippen molar-refractivity contribution in [1.82, 2.24) is 0 Å². The highest BCUT2D eigenvalue weighted by Gasteiger charge is 1.95. The third-order valence-corrected chi connectivity index (χ3v) is 3.12. The van der Waals surface area contributed by atoms with Crippen molar-refractivity contribution in [1.29, 1.82) is 0 Å². The van der Waals surface area contributed by atoms with Gasteiger partial charge in [-0.05, 0) is 0 Å². The molecule has 0 amide bonds. The number of rotatable bonds is 0. The lowest BCUT2D eigenvalue weighted by Crippen LogP contribution is -1.64. The fourth-order valence-corrected chi connectivity index (χ4v) is 2.65. The van der Waals surface area contributed by atoms with Crippen molar-refractivity contribution in [2.75, 3.05) is 16.6 Å². The number of hydrogen-bond donors (Lipinski definition) is 0. The van der Waals surface area contributed by atoms with Crippen molar-refractivity contribution in [3.05, 3.63) is 0 Å². The van der Waals surface area contributed by atoms with Crippen LogP contribution in [0.3, 0.4) is 0 Å². The van der Waals surface area contributed by atoms with Crippen molar-refractivity contribution >= 4 is 23.5 Å². The molecule has 1 rings (SSSR count). The van der Waals surface area contributed by atoms with Crippen LogP contribution >= 0.6 is 23.5 Å². The van der Waals surface area contributed by atoms with Crippen LogP contribution in [0.2, 0.25) is 0 Å². The predicted octanol–water partition coefficient (Wildman–Crippen LogP) is 4.50. The third kappa shape index (κ3) is 24.9. The van der Waals surface area contributed by atoms with Crippen LogP contribution in [0, 0.1) is 0 Å². The Labute approximate surface area is 81.9 Å². The molecule has 0 nitrogen and oxygen atoms in total. The molecule has 0 aromatic heterocycles. The molecule has 11 heavy (non-hydrogen) atoms. The van der Waals surface area contributed by atoms with Crippen molar-refractivity contribution in [3.63, 3.8) is 0 Å². The van der Waals surface area contributed by atoms with E-state index in [2.05, 4.69) is 0 Å². The quantitative estimate of drug-likeness (QED) is 0.559. The van der Waals surface area contributed by atoms with Gasteiger partial charge in [0.05, 0.1) is 0 Å². The minimum atomic E-state index is 1.33. The average Bonchev–Trinajstić information content (AvgIpc) is 2.71. The van der Waals surface area contributed by atoms with E-state index in [1.807, 2.05) is 65.1 Å². The van der Waals surface area contributed by atoms with Gasteiger partial charge in [0.1, 0.15) is 0 Å². The van der Waals surface area contributed by atoms with Crippen LogP contribution < -0.4 is 0 Å². The summed E-state index contributed by atoms with van der Waals surface area (Å²) in [6, 6.07) is 0. The summed E-state index contributed by atoms with van der Waals surface area (Å²) < 4.78 is 0. The molecule has 1 aliphatic heterocycles. The lowest BCUT2D eigenvalue weighted by atomic mass is 11.0. The van der Waals surface area contributed by atoms with Gasteiger partial charge in [-0.25, -0.2) is 0 Å². The van der Waals surface area contributed by atoms with Crippen molar-refractivity contribution in [2.24, 2.45) is 0 Å². The molecule has 0 spiro atoms. The topological polar surface area (TPSA) is 0 Å². The Hall–Kier alpha value is 0.700. The van der Waals surface area contributed by atoms with Crippen molar-refractivity contribution < 1.29 is 0 Å². The fraction of sp³-hybridized carbons (Fsp3) is 1.00. The molecule has 0 N–H and O–H groups in total.